The number of piperazine rings is 1. The van der Waals surface area contributed by atoms with Gasteiger partial charge in [-0.05, 0) is 72.5 Å². The summed E-state index contributed by atoms with van der Waals surface area (Å²) < 4.78 is 0. The maximum atomic E-state index is 13.6. The Bertz CT molecular complexity index is 1420. The summed E-state index contributed by atoms with van der Waals surface area (Å²) >= 11 is 0. The molecule has 0 spiro atoms. The fourth-order valence-corrected chi connectivity index (χ4v) is 5.33. The third-order valence-corrected chi connectivity index (χ3v) is 7.80. The van der Waals surface area contributed by atoms with Crippen molar-refractivity contribution in [2.45, 2.75) is 39.2 Å². The summed E-state index contributed by atoms with van der Waals surface area (Å²) in [5.41, 5.74) is 4.67. The van der Waals surface area contributed by atoms with E-state index in [0.29, 0.717) is 16.8 Å². The number of benzene rings is 2. The molecule has 0 aliphatic carbocycles. The number of aliphatic hydroxyl groups is 1. The first-order chi connectivity index (χ1) is 18.6. The van der Waals surface area contributed by atoms with Crippen LogP contribution in [0, 0.1) is 6.92 Å². The average molecular weight is 525 g/mol. The molecule has 2 aliphatic rings. The van der Waals surface area contributed by atoms with E-state index >= 15 is 0 Å². The van der Waals surface area contributed by atoms with Crippen LogP contribution < -0.4 is 9.80 Å². The van der Waals surface area contributed by atoms with Crippen molar-refractivity contribution in [3.05, 3.63) is 94.8 Å². The Morgan fingerprint density at radius 2 is 1.62 bits per heavy atom. The van der Waals surface area contributed by atoms with E-state index in [2.05, 4.69) is 42.6 Å². The highest BCUT2D eigenvalue weighted by atomic mass is 16.3. The van der Waals surface area contributed by atoms with Crippen LogP contribution in [0.1, 0.15) is 49.1 Å². The standard InChI is InChI=1S/C32H36N4O3/c1-21-8-9-23(32(2,3)4)19-26(21)29(37)27-28(22-7-6-14-33-20-22)36(31(39)30(27)38)25-12-10-24(11-13-25)35-17-15-34(5)16-18-35/h6-14,19-20,28,37H,15-18H2,1-5H3/b29-27+. The molecule has 7 nitrogen and oxygen atoms in total. The molecule has 0 radical (unpaired) electrons. The minimum atomic E-state index is -0.800. The van der Waals surface area contributed by atoms with Gasteiger partial charge in [0.25, 0.3) is 11.7 Å². The van der Waals surface area contributed by atoms with E-state index in [1.165, 1.54) is 4.90 Å². The molecular weight excluding hydrogens is 488 g/mol. The number of hydrogen-bond donors (Lipinski definition) is 1. The van der Waals surface area contributed by atoms with Crippen LogP contribution in [0.25, 0.3) is 5.76 Å². The second kappa shape index (κ2) is 10.3. The number of aryl methyl sites for hydroxylation is 1. The number of anilines is 2. The monoisotopic (exact) mass is 524 g/mol. The highest BCUT2D eigenvalue weighted by molar-refractivity contribution is 6.51. The molecule has 202 valence electrons. The van der Waals surface area contributed by atoms with Crippen molar-refractivity contribution >= 4 is 28.8 Å². The third kappa shape index (κ3) is 5.06. The number of ketones is 1. The van der Waals surface area contributed by atoms with Gasteiger partial charge in [0.2, 0.25) is 0 Å². The number of aromatic nitrogens is 1. The van der Waals surface area contributed by atoms with Crippen LogP contribution in [0.2, 0.25) is 0 Å². The molecule has 7 heteroatoms. The number of hydrogen-bond acceptors (Lipinski definition) is 6. The second-order valence-electron chi connectivity index (χ2n) is 11.5. The van der Waals surface area contributed by atoms with E-state index in [9.17, 15) is 14.7 Å². The Morgan fingerprint density at radius 1 is 0.949 bits per heavy atom. The number of pyridine rings is 1. The summed E-state index contributed by atoms with van der Waals surface area (Å²) in [5, 5.41) is 11.7. The van der Waals surface area contributed by atoms with Gasteiger partial charge in [0, 0.05) is 55.5 Å². The number of amides is 1. The molecule has 2 saturated heterocycles. The predicted molar refractivity (Wildman–Crippen MR) is 155 cm³/mol. The first-order valence-corrected chi connectivity index (χ1v) is 13.4. The lowest BCUT2D eigenvalue weighted by atomic mass is 9.84. The molecular formula is C32H36N4O3. The summed E-state index contributed by atoms with van der Waals surface area (Å²) in [6.07, 6.45) is 3.30. The van der Waals surface area contributed by atoms with Crippen LogP contribution in [-0.4, -0.2) is 59.9 Å². The van der Waals surface area contributed by atoms with E-state index in [0.717, 1.165) is 43.0 Å². The molecule has 1 atom stereocenters. The van der Waals surface area contributed by atoms with E-state index in [-0.39, 0.29) is 16.7 Å². The second-order valence-corrected chi connectivity index (χ2v) is 11.5. The molecule has 1 unspecified atom stereocenters. The van der Waals surface area contributed by atoms with Crippen LogP contribution in [0.5, 0.6) is 0 Å². The fourth-order valence-electron chi connectivity index (χ4n) is 5.33. The Kier molecular flexibility index (Phi) is 7.03. The van der Waals surface area contributed by atoms with Gasteiger partial charge in [-0.2, -0.15) is 0 Å². The first kappa shape index (κ1) is 26.6. The summed E-state index contributed by atoms with van der Waals surface area (Å²) in [4.78, 5) is 37.5. The van der Waals surface area contributed by atoms with Gasteiger partial charge >= 0.3 is 0 Å². The van der Waals surface area contributed by atoms with Gasteiger partial charge in [-0.1, -0.05) is 39.0 Å². The fraction of sp³-hybridized carbons (Fsp3) is 0.344. The van der Waals surface area contributed by atoms with Crippen molar-refractivity contribution in [3.8, 4) is 0 Å². The maximum Gasteiger partial charge on any atom is 0.300 e. The molecule has 2 aromatic carbocycles. The van der Waals surface area contributed by atoms with Crippen LogP contribution in [0.4, 0.5) is 11.4 Å². The molecule has 2 fully saturated rings. The number of likely N-dealkylation sites (N-methyl/N-ethyl adjacent to an activating group) is 1. The van der Waals surface area contributed by atoms with Gasteiger partial charge < -0.3 is 14.9 Å². The molecule has 1 amide bonds. The SMILES string of the molecule is Cc1ccc(C(C)(C)C)cc1/C(O)=C1\C(=O)C(=O)N(c2ccc(N3CCN(C)CC3)cc2)C1c1cccnc1. The third-order valence-electron chi connectivity index (χ3n) is 7.80. The molecule has 2 aliphatic heterocycles. The summed E-state index contributed by atoms with van der Waals surface area (Å²) in [6.45, 7) is 12.0. The van der Waals surface area contributed by atoms with Gasteiger partial charge in [0.15, 0.2) is 0 Å². The van der Waals surface area contributed by atoms with Crippen LogP contribution in [-0.2, 0) is 15.0 Å². The highest BCUT2D eigenvalue weighted by Gasteiger charge is 2.47. The molecule has 3 heterocycles. The van der Waals surface area contributed by atoms with Crippen molar-refractivity contribution in [2.24, 2.45) is 0 Å². The largest absolute Gasteiger partial charge is 0.507 e. The number of carbonyl (C=O) groups is 2. The first-order valence-electron chi connectivity index (χ1n) is 13.4. The highest BCUT2D eigenvalue weighted by Crippen LogP contribution is 2.43. The quantitative estimate of drug-likeness (QED) is 0.292. The van der Waals surface area contributed by atoms with Gasteiger partial charge in [-0.15, -0.1) is 0 Å². The zero-order valence-corrected chi connectivity index (χ0v) is 23.3. The van der Waals surface area contributed by atoms with Crippen LogP contribution in [0.15, 0.2) is 72.6 Å². The molecule has 3 aromatic rings. The summed E-state index contributed by atoms with van der Waals surface area (Å²) in [5.74, 6) is -1.53. The Hall–Kier alpha value is -3.97. The lowest BCUT2D eigenvalue weighted by Gasteiger charge is -2.34. The van der Waals surface area contributed by atoms with E-state index in [1.807, 2.05) is 55.5 Å². The zero-order chi connectivity index (χ0) is 27.9. The van der Waals surface area contributed by atoms with Crippen LogP contribution >= 0.6 is 0 Å². The lowest BCUT2D eigenvalue weighted by Crippen LogP contribution is -2.44. The van der Waals surface area contributed by atoms with E-state index < -0.39 is 17.7 Å². The maximum absolute atomic E-state index is 13.6. The minimum absolute atomic E-state index is 0.0744. The van der Waals surface area contributed by atoms with Crippen molar-refractivity contribution in [3.63, 3.8) is 0 Å². The topological polar surface area (TPSA) is 77.0 Å². The molecule has 0 bridgehead atoms. The Morgan fingerprint density at radius 3 is 2.23 bits per heavy atom. The number of carbonyl (C=O) groups excluding carboxylic acids is 2. The number of rotatable bonds is 4. The van der Waals surface area contributed by atoms with Gasteiger partial charge in [0.1, 0.15) is 5.76 Å². The van der Waals surface area contributed by atoms with Crippen molar-refractivity contribution in [2.75, 3.05) is 43.0 Å². The Labute approximate surface area is 230 Å². The Balaban J connectivity index is 1.60. The van der Waals surface area contributed by atoms with Gasteiger partial charge in [0.05, 0.1) is 11.6 Å². The van der Waals surface area contributed by atoms with Gasteiger partial charge in [-0.3, -0.25) is 19.5 Å². The predicted octanol–water partition coefficient (Wildman–Crippen LogP) is 5.07. The molecule has 1 aromatic heterocycles. The van der Waals surface area contributed by atoms with Crippen molar-refractivity contribution in [1.82, 2.24) is 9.88 Å². The molecule has 0 saturated carbocycles. The lowest BCUT2D eigenvalue weighted by molar-refractivity contribution is -0.132. The number of Topliss-reactive ketones (excluding diaryl/α,β-unsaturated/α-hetero) is 1. The molecule has 5 rings (SSSR count). The van der Waals surface area contributed by atoms with E-state index in [1.54, 1.807) is 18.5 Å². The normalized spacial score (nSPS) is 20.1. The van der Waals surface area contributed by atoms with Gasteiger partial charge in [-0.25, -0.2) is 0 Å². The van der Waals surface area contributed by atoms with Crippen LogP contribution in [0.3, 0.4) is 0 Å². The smallest absolute Gasteiger partial charge is 0.300 e. The number of nitrogens with zero attached hydrogens (tertiary/aromatic N) is 4. The average Bonchev–Trinajstić information content (AvgIpc) is 3.19. The minimum Gasteiger partial charge on any atom is -0.507 e. The summed E-state index contributed by atoms with van der Waals surface area (Å²) in [6, 6.07) is 16.5. The molecule has 39 heavy (non-hydrogen) atoms. The van der Waals surface area contributed by atoms with E-state index in [4.69, 9.17) is 0 Å². The van der Waals surface area contributed by atoms with Crippen molar-refractivity contribution in [1.29, 1.82) is 0 Å². The van der Waals surface area contributed by atoms with Crippen molar-refractivity contribution < 1.29 is 14.7 Å². The zero-order valence-electron chi connectivity index (χ0n) is 23.3. The number of aliphatic hydroxyl groups excluding tert-OH is 1. The molecule has 1 N–H and O–H groups in total. The summed E-state index contributed by atoms with van der Waals surface area (Å²) in [7, 11) is 2.12.